The number of aliphatic hydroxyl groups is 2. The monoisotopic (exact) mass is 88.1 g/mol. The van der Waals surface area contributed by atoms with Crippen molar-refractivity contribution in [3.8, 4) is 12.3 Å². The van der Waals surface area contributed by atoms with E-state index in [4.69, 9.17) is 10.2 Å². The second kappa shape index (κ2) is 24.8. The van der Waals surface area contributed by atoms with Gasteiger partial charge in [-0.1, -0.05) is 5.92 Å². The van der Waals surface area contributed by atoms with Crippen molar-refractivity contribution in [3.63, 3.8) is 0 Å². The molecular weight excluding hydrogens is 80.0 g/mol. The predicted octanol–water partition coefficient (Wildman–Crippen LogP) is -0.780. The topological polar surface area (TPSA) is 40.5 Å². The van der Waals surface area contributed by atoms with Crippen molar-refractivity contribution in [1.29, 1.82) is 0 Å². The lowest BCUT2D eigenvalue weighted by Gasteiger charge is -1.55. The van der Waals surface area contributed by atoms with Crippen molar-refractivity contribution in [2.24, 2.45) is 0 Å². The van der Waals surface area contributed by atoms with Gasteiger partial charge in [0.05, 0.1) is 0 Å². The molecule has 0 amide bonds. The van der Waals surface area contributed by atoms with Crippen molar-refractivity contribution in [2.45, 2.75) is 0 Å². The third-order valence-electron chi connectivity index (χ3n) is 0.0913. The van der Waals surface area contributed by atoms with Crippen LogP contribution in [0.5, 0.6) is 0 Å². The molecule has 0 aromatic heterocycles. The Morgan fingerprint density at radius 1 is 1.67 bits per heavy atom. The van der Waals surface area contributed by atoms with E-state index < -0.39 is 0 Å². The Morgan fingerprint density at radius 2 is 1.83 bits per heavy atom. The van der Waals surface area contributed by atoms with Crippen LogP contribution in [0.2, 0.25) is 0 Å². The maximum Gasteiger partial charge on any atom is 0.103 e. The Balaban J connectivity index is 0. The first kappa shape index (κ1) is 9.08. The van der Waals surface area contributed by atoms with Gasteiger partial charge in [0, 0.05) is 7.11 Å². The summed E-state index contributed by atoms with van der Waals surface area (Å²) in [5.74, 6) is 1.99. The molecular formula is C4H8O2. The SMILES string of the molecule is C#CCO.CO. The fraction of sp³-hybridized carbons (Fsp3) is 0.500. The molecule has 0 aromatic carbocycles. The summed E-state index contributed by atoms with van der Waals surface area (Å²) in [5.41, 5.74) is 0. The summed E-state index contributed by atoms with van der Waals surface area (Å²) in [6, 6.07) is 0. The van der Waals surface area contributed by atoms with E-state index in [9.17, 15) is 0 Å². The number of rotatable bonds is 0. The molecule has 0 aliphatic carbocycles. The zero-order valence-corrected chi connectivity index (χ0v) is 3.68. The van der Waals surface area contributed by atoms with Gasteiger partial charge < -0.3 is 10.2 Å². The van der Waals surface area contributed by atoms with E-state index in [2.05, 4.69) is 6.42 Å². The van der Waals surface area contributed by atoms with Crippen LogP contribution in [0.4, 0.5) is 0 Å². The number of terminal acetylenes is 1. The van der Waals surface area contributed by atoms with Crippen LogP contribution in [-0.4, -0.2) is 23.9 Å². The summed E-state index contributed by atoms with van der Waals surface area (Å²) in [6.07, 6.45) is 4.53. The van der Waals surface area contributed by atoms with Gasteiger partial charge in [-0.25, -0.2) is 0 Å². The molecule has 6 heavy (non-hydrogen) atoms. The molecule has 2 heteroatoms. The van der Waals surface area contributed by atoms with Crippen molar-refractivity contribution >= 4 is 0 Å². The van der Waals surface area contributed by atoms with Gasteiger partial charge in [0.1, 0.15) is 6.61 Å². The van der Waals surface area contributed by atoms with Gasteiger partial charge in [0.25, 0.3) is 0 Å². The maximum absolute atomic E-state index is 7.64. The first-order valence-corrected chi connectivity index (χ1v) is 1.41. The molecule has 0 radical (unpaired) electrons. The van der Waals surface area contributed by atoms with E-state index in [1.165, 1.54) is 0 Å². The van der Waals surface area contributed by atoms with Gasteiger partial charge in [-0.3, -0.25) is 0 Å². The van der Waals surface area contributed by atoms with Gasteiger partial charge in [0.2, 0.25) is 0 Å². The highest BCUT2D eigenvalue weighted by Crippen LogP contribution is 1.34. The molecule has 0 aliphatic heterocycles. The zero-order valence-electron chi connectivity index (χ0n) is 3.68. The summed E-state index contributed by atoms with van der Waals surface area (Å²) >= 11 is 0. The summed E-state index contributed by atoms with van der Waals surface area (Å²) < 4.78 is 0. The van der Waals surface area contributed by atoms with Crippen molar-refractivity contribution in [2.75, 3.05) is 13.7 Å². The highest BCUT2D eigenvalue weighted by molar-refractivity contribution is 4.81. The number of hydrogen-bond acceptors (Lipinski definition) is 2. The minimum Gasteiger partial charge on any atom is -0.400 e. The van der Waals surface area contributed by atoms with Crippen molar-refractivity contribution in [1.82, 2.24) is 0 Å². The standard InChI is InChI=1S/C3H4O.CH4O/c1-2-3-4;1-2/h1,4H,3H2;2H,1H3. The average Bonchev–Trinajstić information content (AvgIpc) is 1.72. The van der Waals surface area contributed by atoms with E-state index in [1.807, 2.05) is 5.92 Å². The summed E-state index contributed by atoms with van der Waals surface area (Å²) in [7, 11) is 1.00. The first-order chi connectivity index (χ1) is 2.91. The molecule has 0 rings (SSSR count). The molecule has 0 fully saturated rings. The smallest absolute Gasteiger partial charge is 0.103 e. The van der Waals surface area contributed by atoms with Crippen LogP contribution in [0.15, 0.2) is 0 Å². The van der Waals surface area contributed by atoms with Gasteiger partial charge in [-0.05, 0) is 0 Å². The van der Waals surface area contributed by atoms with Crippen LogP contribution in [0.3, 0.4) is 0 Å². The summed E-state index contributed by atoms with van der Waals surface area (Å²) in [5, 5.41) is 14.6. The van der Waals surface area contributed by atoms with Gasteiger partial charge in [-0.2, -0.15) is 0 Å². The largest absolute Gasteiger partial charge is 0.400 e. The molecule has 0 spiro atoms. The molecule has 0 aromatic rings. The molecule has 2 N–H and O–H groups in total. The molecule has 0 heterocycles. The predicted molar refractivity (Wildman–Crippen MR) is 24.1 cm³/mol. The number of hydrogen-bond donors (Lipinski definition) is 2. The van der Waals surface area contributed by atoms with E-state index in [0.717, 1.165) is 7.11 Å². The Bertz CT molecular complexity index is 35.3. The fourth-order valence-corrected chi connectivity index (χ4v) is 0. The lowest BCUT2D eigenvalue weighted by atomic mass is 10.8. The highest BCUT2D eigenvalue weighted by Gasteiger charge is 1.43. The Hall–Kier alpha value is -0.520. The molecule has 0 saturated heterocycles. The summed E-state index contributed by atoms with van der Waals surface area (Å²) in [4.78, 5) is 0. The lowest BCUT2D eigenvalue weighted by Crippen LogP contribution is -1.64. The van der Waals surface area contributed by atoms with Crippen molar-refractivity contribution < 1.29 is 10.2 Å². The highest BCUT2D eigenvalue weighted by atomic mass is 16.2. The lowest BCUT2D eigenvalue weighted by molar-refractivity contribution is 0.351. The Morgan fingerprint density at radius 3 is 1.83 bits per heavy atom. The molecule has 0 bridgehead atoms. The second-order valence-corrected chi connectivity index (χ2v) is 0.362. The quantitative estimate of drug-likeness (QED) is 0.381. The molecule has 0 saturated carbocycles. The maximum atomic E-state index is 7.64. The van der Waals surface area contributed by atoms with Crippen molar-refractivity contribution in [3.05, 3.63) is 0 Å². The molecule has 2 nitrogen and oxygen atoms in total. The average molecular weight is 88.1 g/mol. The van der Waals surface area contributed by atoms with Crippen LogP contribution < -0.4 is 0 Å². The third-order valence-corrected chi connectivity index (χ3v) is 0.0913. The Labute approximate surface area is 37.4 Å². The third kappa shape index (κ3) is 92.9. The van der Waals surface area contributed by atoms with E-state index >= 15 is 0 Å². The Kier molecular flexibility index (Phi) is 37.5. The van der Waals surface area contributed by atoms with E-state index in [-0.39, 0.29) is 6.61 Å². The molecule has 0 unspecified atom stereocenters. The summed E-state index contributed by atoms with van der Waals surface area (Å²) in [6.45, 7) is -0.153. The number of aliphatic hydroxyl groups excluding tert-OH is 2. The normalized spacial score (nSPS) is 4.33. The molecule has 0 aliphatic rings. The van der Waals surface area contributed by atoms with E-state index in [1.54, 1.807) is 0 Å². The van der Waals surface area contributed by atoms with E-state index in [0.29, 0.717) is 0 Å². The van der Waals surface area contributed by atoms with Crippen LogP contribution in [0, 0.1) is 12.3 Å². The fourth-order valence-electron chi connectivity index (χ4n) is 0. The molecule has 0 atom stereocenters. The van der Waals surface area contributed by atoms with Crippen LogP contribution in [-0.2, 0) is 0 Å². The minimum atomic E-state index is -0.153. The van der Waals surface area contributed by atoms with Crippen LogP contribution >= 0.6 is 0 Å². The van der Waals surface area contributed by atoms with Gasteiger partial charge in [-0.15, -0.1) is 6.42 Å². The molecule has 36 valence electrons. The van der Waals surface area contributed by atoms with Gasteiger partial charge >= 0.3 is 0 Å². The zero-order chi connectivity index (χ0) is 5.41. The minimum absolute atomic E-state index is 0.153. The van der Waals surface area contributed by atoms with Gasteiger partial charge in [0.15, 0.2) is 0 Å². The van der Waals surface area contributed by atoms with Crippen LogP contribution in [0.25, 0.3) is 0 Å². The van der Waals surface area contributed by atoms with Crippen LogP contribution in [0.1, 0.15) is 0 Å². The second-order valence-electron chi connectivity index (χ2n) is 0.362. The first-order valence-electron chi connectivity index (χ1n) is 1.41.